The molecule has 3 rings (SSSR count). The Kier molecular flexibility index (Phi) is 6.18. The van der Waals surface area contributed by atoms with Crippen LogP contribution in [0.15, 0.2) is 52.3 Å². The normalized spacial score (nSPS) is 15.7. The molecule has 31 heavy (non-hydrogen) atoms. The second-order valence-electron chi connectivity index (χ2n) is 7.02. The molecule has 0 saturated carbocycles. The van der Waals surface area contributed by atoms with E-state index in [9.17, 15) is 34.8 Å². The van der Waals surface area contributed by atoms with E-state index in [-0.39, 0.29) is 16.0 Å². The minimum atomic E-state index is -4.95. The van der Waals surface area contributed by atoms with Crippen LogP contribution in [-0.2, 0) is 26.2 Å². The number of amides is 1. The smallest absolute Gasteiger partial charge is 0.268 e. The van der Waals surface area contributed by atoms with E-state index in [1.165, 1.54) is 23.4 Å². The number of hydrogen-bond donors (Lipinski definition) is 1. The highest BCUT2D eigenvalue weighted by atomic mass is 32.2. The average molecular weight is 476 g/mol. The van der Waals surface area contributed by atoms with Crippen molar-refractivity contribution in [3.05, 3.63) is 59.2 Å². The Morgan fingerprint density at radius 2 is 1.61 bits per heavy atom. The number of hydrogen-bond acceptors (Lipinski definition) is 5. The molecule has 2 aromatic carbocycles. The summed E-state index contributed by atoms with van der Waals surface area (Å²) in [5.74, 6) is -1.23. The summed E-state index contributed by atoms with van der Waals surface area (Å²) in [5.41, 5.74) is -1.43. The van der Waals surface area contributed by atoms with Crippen molar-refractivity contribution in [2.24, 2.45) is 0 Å². The minimum Gasteiger partial charge on any atom is -0.268 e. The third kappa shape index (κ3) is 4.75. The number of carbonyl (C=O) groups excluding carboxylic acids is 1. The van der Waals surface area contributed by atoms with Gasteiger partial charge in [0.25, 0.3) is 15.9 Å². The molecule has 12 heteroatoms. The largest absolute Gasteiger partial charge is 0.417 e. The van der Waals surface area contributed by atoms with Crippen LogP contribution in [0.25, 0.3) is 0 Å². The molecule has 2 aromatic rings. The van der Waals surface area contributed by atoms with E-state index in [1.54, 1.807) is 4.72 Å². The number of nitrogens with one attached hydrogen (secondary N) is 1. The summed E-state index contributed by atoms with van der Waals surface area (Å²) in [4.78, 5) is 11.3. The van der Waals surface area contributed by atoms with Crippen molar-refractivity contribution in [2.75, 3.05) is 13.1 Å². The van der Waals surface area contributed by atoms with Gasteiger partial charge in [-0.25, -0.2) is 21.6 Å². The molecule has 7 nitrogen and oxygen atoms in total. The number of rotatable bonds is 5. The molecule has 1 heterocycles. The molecule has 1 fully saturated rings. The molecule has 1 saturated heterocycles. The van der Waals surface area contributed by atoms with Gasteiger partial charge in [0.1, 0.15) is 0 Å². The van der Waals surface area contributed by atoms with Crippen LogP contribution < -0.4 is 4.72 Å². The first-order chi connectivity index (χ1) is 14.3. The van der Waals surface area contributed by atoms with Crippen molar-refractivity contribution >= 4 is 26.0 Å². The molecule has 0 atom stereocenters. The Labute approximate surface area is 178 Å². The van der Waals surface area contributed by atoms with Crippen molar-refractivity contribution in [1.29, 1.82) is 0 Å². The number of benzene rings is 2. The van der Waals surface area contributed by atoms with Gasteiger partial charge in [-0.15, -0.1) is 0 Å². The maximum atomic E-state index is 13.2. The molecule has 0 bridgehead atoms. The molecule has 0 radical (unpaired) electrons. The zero-order chi connectivity index (χ0) is 23.0. The van der Waals surface area contributed by atoms with Gasteiger partial charge in [0.05, 0.1) is 15.4 Å². The lowest BCUT2D eigenvalue weighted by Gasteiger charge is -2.17. The summed E-state index contributed by atoms with van der Waals surface area (Å²) in [6.07, 6.45) is -3.54. The summed E-state index contributed by atoms with van der Waals surface area (Å²) in [6.45, 7) is 2.12. The van der Waals surface area contributed by atoms with Crippen LogP contribution in [0.3, 0.4) is 0 Å². The standard InChI is InChI=1S/C19H19F3N2O5S2/c1-13-8-9-14(31(28,29)24-10-4-5-11-24)12-15(13)18(25)23-30(26,27)17-7-3-2-6-16(17)19(20,21)22/h2-3,6-9,12H,4-5,10-11H2,1H3,(H,23,25). The van der Waals surface area contributed by atoms with Crippen LogP contribution >= 0.6 is 0 Å². The van der Waals surface area contributed by atoms with Gasteiger partial charge in [-0.3, -0.25) is 4.79 Å². The van der Waals surface area contributed by atoms with Gasteiger partial charge in [0, 0.05) is 18.7 Å². The van der Waals surface area contributed by atoms with Crippen LogP contribution in [0.1, 0.15) is 34.3 Å². The van der Waals surface area contributed by atoms with Gasteiger partial charge in [-0.1, -0.05) is 18.2 Å². The number of alkyl halides is 3. The molecule has 1 aliphatic rings. The topological polar surface area (TPSA) is 101 Å². The Hall–Kier alpha value is -2.44. The SMILES string of the molecule is Cc1ccc(S(=O)(=O)N2CCCC2)cc1C(=O)NS(=O)(=O)c1ccccc1C(F)(F)F. The first-order valence-electron chi connectivity index (χ1n) is 9.18. The van der Waals surface area contributed by atoms with Crippen molar-refractivity contribution < 1.29 is 34.8 Å². The highest BCUT2D eigenvalue weighted by Gasteiger charge is 2.37. The van der Waals surface area contributed by atoms with Crippen LogP contribution in [0, 0.1) is 6.92 Å². The summed E-state index contributed by atoms with van der Waals surface area (Å²) in [6, 6.07) is 7.13. The quantitative estimate of drug-likeness (QED) is 0.715. The summed E-state index contributed by atoms with van der Waals surface area (Å²) < 4.78 is 93.0. The maximum Gasteiger partial charge on any atom is 0.417 e. The molecule has 168 valence electrons. The Morgan fingerprint density at radius 1 is 1.00 bits per heavy atom. The van der Waals surface area contributed by atoms with Gasteiger partial charge < -0.3 is 0 Å². The Bertz CT molecular complexity index is 1220. The van der Waals surface area contributed by atoms with E-state index in [1.807, 2.05) is 0 Å². The maximum absolute atomic E-state index is 13.2. The first kappa shape index (κ1) is 23.2. The van der Waals surface area contributed by atoms with E-state index in [0.717, 1.165) is 24.3 Å². The molecule has 0 aliphatic carbocycles. The third-order valence-corrected chi connectivity index (χ3v) is 8.15. The fourth-order valence-corrected chi connectivity index (χ4v) is 5.99. The minimum absolute atomic E-state index is 0.196. The fraction of sp³-hybridized carbons (Fsp3) is 0.316. The predicted molar refractivity (Wildman–Crippen MR) is 105 cm³/mol. The first-order valence-corrected chi connectivity index (χ1v) is 12.1. The number of carbonyl (C=O) groups is 1. The lowest BCUT2D eigenvalue weighted by atomic mass is 10.1. The fourth-order valence-electron chi connectivity index (χ4n) is 3.25. The van der Waals surface area contributed by atoms with Crippen molar-refractivity contribution in [3.63, 3.8) is 0 Å². The van der Waals surface area contributed by atoms with Crippen LogP contribution in [0.4, 0.5) is 13.2 Å². The van der Waals surface area contributed by atoms with Crippen molar-refractivity contribution in [3.8, 4) is 0 Å². The summed E-state index contributed by atoms with van der Waals surface area (Å²) >= 11 is 0. The molecule has 1 aliphatic heterocycles. The van der Waals surface area contributed by atoms with Gasteiger partial charge in [0.15, 0.2) is 0 Å². The number of sulfonamides is 2. The Balaban J connectivity index is 1.96. The van der Waals surface area contributed by atoms with Crippen molar-refractivity contribution in [1.82, 2.24) is 9.03 Å². The zero-order valence-corrected chi connectivity index (χ0v) is 17.9. The van der Waals surface area contributed by atoms with E-state index < -0.39 is 42.6 Å². The second kappa shape index (κ2) is 8.24. The molecule has 0 unspecified atom stereocenters. The van der Waals surface area contributed by atoms with Crippen LogP contribution in [0.2, 0.25) is 0 Å². The summed E-state index contributed by atoms with van der Waals surface area (Å²) in [7, 11) is -8.76. The van der Waals surface area contributed by atoms with Crippen LogP contribution in [0.5, 0.6) is 0 Å². The summed E-state index contributed by atoms with van der Waals surface area (Å²) in [5, 5.41) is 0. The molecule has 0 spiro atoms. The predicted octanol–water partition coefficient (Wildman–Crippen LogP) is 2.92. The van der Waals surface area contributed by atoms with Gasteiger partial charge in [0.2, 0.25) is 10.0 Å². The molecule has 0 aromatic heterocycles. The van der Waals surface area contributed by atoms with E-state index >= 15 is 0 Å². The van der Waals surface area contributed by atoms with Crippen molar-refractivity contribution in [2.45, 2.75) is 35.7 Å². The van der Waals surface area contributed by atoms with Gasteiger partial charge >= 0.3 is 6.18 Å². The molecule has 1 N–H and O–H groups in total. The molecule has 1 amide bonds. The second-order valence-corrected chi connectivity index (χ2v) is 10.6. The number of aryl methyl sites for hydroxylation is 1. The van der Waals surface area contributed by atoms with E-state index in [2.05, 4.69) is 0 Å². The number of nitrogens with zero attached hydrogens (tertiary/aromatic N) is 1. The Morgan fingerprint density at radius 3 is 2.23 bits per heavy atom. The highest BCUT2D eigenvalue weighted by molar-refractivity contribution is 7.90. The average Bonchev–Trinajstić information content (AvgIpc) is 3.23. The molecular formula is C19H19F3N2O5S2. The van der Waals surface area contributed by atoms with E-state index in [4.69, 9.17) is 0 Å². The lowest BCUT2D eigenvalue weighted by Crippen LogP contribution is -2.33. The number of halogens is 3. The van der Waals surface area contributed by atoms with E-state index in [0.29, 0.717) is 32.0 Å². The monoisotopic (exact) mass is 476 g/mol. The third-order valence-electron chi connectivity index (χ3n) is 4.87. The van der Waals surface area contributed by atoms with Gasteiger partial charge in [-0.05, 0) is 49.6 Å². The van der Waals surface area contributed by atoms with Crippen LogP contribution in [-0.4, -0.2) is 40.1 Å². The van der Waals surface area contributed by atoms with Gasteiger partial charge in [-0.2, -0.15) is 17.5 Å². The molecular weight excluding hydrogens is 457 g/mol. The highest BCUT2D eigenvalue weighted by Crippen LogP contribution is 2.34. The zero-order valence-electron chi connectivity index (χ0n) is 16.3. The lowest BCUT2D eigenvalue weighted by molar-refractivity contribution is -0.139.